The van der Waals surface area contributed by atoms with Gasteiger partial charge in [-0.3, -0.25) is 0 Å². The lowest BCUT2D eigenvalue weighted by molar-refractivity contribution is 0.0539. The van der Waals surface area contributed by atoms with Crippen molar-refractivity contribution in [2.75, 3.05) is 40.0 Å². The third-order valence-corrected chi connectivity index (χ3v) is 5.27. The lowest BCUT2D eigenvalue weighted by Gasteiger charge is -2.24. The summed E-state index contributed by atoms with van der Waals surface area (Å²) in [7, 11) is 1.33. The zero-order valence-corrected chi connectivity index (χ0v) is 17.9. The molecule has 162 valence electrons. The molecule has 1 heterocycles. The average molecular weight is 436 g/mol. The first-order chi connectivity index (χ1) is 14.5. The smallest absolute Gasteiger partial charge is 0.341 e. The van der Waals surface area contributed by atoms with Crippen molar-refractivity contribution in [1.29, 1.82) is 0 Å². The summed E-state index contributed by atoms with van der Waals surface area (Å²) in [6.45, 7) is 3.86. The number of nitrogens with zero attached hydrogens (tertiary/aromatic N) is 1. The Labute approximate surface area is 181 Å². The van der Waals surface area contributed by atoms with E-state index in [2.05, 4.69) is 4.90 Å². The van der Waals surface area contributed by atoms with E-state index in [9.17, 15) is 9.18 Å². The molecule has 2 aromatic rings. The predicted molar refractivity (Wildman–Crippen MR) is 114 cm³/mol. The average Bonchev–Trinajstić information content (AvgIpc) is 2.98. The fourth-order valence-corrected chi connectivity index (χ4v) is 3.72. The number of hydrogen-bond donors (Lipinski definition) is 0. The standard InChI is InChI=1S/C23H27ClFNO4/c1-28-23(27)21-15-18(24)6-9-22(21)30-13-3-11-26-10-2-12-29-20(16-26)14-17-4-7-19(25)8-5-17/h4-9,15,20H,2-3,10-14,16H2,1H3. The summed E-state index contributed by atoms with van der Waals surface area (Å²) < 4.78 is 29.7. The zero-order valence-electron chi connectivity index (χ0n) is 17.1. The molecule has 1 atom stereocenters. The molecule has 1 fully saturated rings. The Morgan fingerprint density at radius 3 is 2.83 bits per heavy atom. The fraction of sp³-hybridized carbons (Fsp3) is 0.435. The van der Waals surface area contributed by atoms with Crippen molar-refractivity contribution in [3.63, 3.8) is 0 Å². The van der Waals surface area contributed by atoms with E-state index in [0.29, 0.717) is 22.9 Å². The molecule has 0 spiro atoms. The Bertz CT molecular complexity index is 830. The monoisotopic (exact) mass is 435 g/mol. The van der Waals surface area contributed by atoms with Crippen LogP contribution in [0.2, 0.25) is 5.02 Å². The highest BCUT2D eigenvalue weighted by Crippen LogP contribution is 2.24. The summed E-state index contributed by atoms with van der Waals surface area (Å²) in [4.78, 5) is 14.3. The maximum atomic E-state index is 13.1. The summed E-state index contributed by atoms with van der Waals surface area (Å²) in [6, 6.07) is 11.5. The normalized spacial score (nSPS) is 17.4. The summed E-state index contributed by atoms with van der Waals surface area (Å²) in [5.74, 6) is -0.223. The molecule has 7 heteroatoms. The highest BCUT2D eigenvalue weighted by molar-refractivity contribution is 6.31. The van der Waals surface area contributed by atoms with Gasteiger partial charge in [-0.2, -0.15) is 0 Å². The Morgan fingerprint density at radius 1 is 1.27 bits per heavy atom. The number of halogens is 2. The van der Waals surface area contributed by atoms with Crippen molar-refractivity contribution in [3.8, 4) is 5.75 Å². The fourth-order valence-electron chi connectivity index (χ4n) is 3.55. The Balaban J connectivity index is 1.48. The van der Waals surface area contributed by atoms with Gasteiger partial charge in [-0.05, 0) is 55.2 Å². The lowest BCUT2D eigenvalue weighted by atomic mass is 10.1. The number of esters is 1. The number of carbonyl (C=O) groups excluding carboxylic acids is 1. The highest BCUT2D eigenvalue weighted by atomic mass is 35.5. The first-order valence-electron chi connectivity index (χ1n) is 10.1. The van der Waals surface area contributed by atoms with Crippen molar-refractivity contribution in [2.45, 2.75) is 25.4 Å². The largest absolute Gasteiger partial charge is 0.493 e. The number of ether oxygens (including phenoxy) is 3. The third kappa shape index (κ3) is 6.69. The van der Waals surface area contributed by atoms with E-state index in [1.807, 2.05) is 12.1 Å². The molecule has 3 rings (SSSR count). The molecule has 0 amide bonds. The van der Waals surface area contributed by atoms with E-state index in [1.165, 1.54) is 19.2 Å². The second-order valence-electron chi connectivity index (χ2n) is 7.31. The minimum atomic E-state index is -0.471. The van der Waals surface area contributed by atoms with Crippen LogP contribution in [0, 0.1) is 5.82 Å². The van der Waals surface area contributed by atoms with Crippen LogP contribution in [-0.4, -0.2) is 56.9 Å². The van der Waals surface area contributed by atoms with Crippen LogP contribution >= 0.6 is 11.6 Å². The molecule has 2 aromatic carbocycles. The molecule has 0 N–H and O–H groups in total. The molecule has 0 aliphatic carbocycles. The van der Waals surface area contributed by atoms with Gasteiger partial charge in [-0.1, -0.05) is 23.7 Å². The highest BCUT2D eigenvalue weighted by Gasteiger charge is 2.19. The van der Waals surface area contributed by atoms with E-state index in [0.717, 1.165) is 51.1 Å². The van der Waals surface area contributed by atoms with Crippen LogP contribution in [0.25, 0.3) is 0 Å². The Morgan fingerprint density at radius 2 is 2.07 bits per heavy atom. The van der Waals surface area contributed by atoms with Crippen LogP contribution in [0.5, 0.6) is 5.75 Å². The molecule has 0 bridgehead atoms. The van der Waals surface area contributed by atoms with E-state index in [4.69, 9.17) is 25.8 Å². The lowest BCUT2D eigenvalue weighted by Crippen LogP contribution is -2.34. The SMILES string of the molecule is COC(=O)c1cc(Cl)ccc1OCCCN1CCCOC(Cc2ccc(F)cc2)C1. The molecule has 5 nitrogen and oxygen atoms in total. The van der Waals surface area contributed by atoms with Gasteiger partial charge in [-0.25, -0.2) is 9.18 Å². The van der Waals surface area contributed by atoms with Crippen molar-refractivity contribution >= 4 is 17.6 Å². The minimum Gasteiger partial charge on any atom is -0.493 e. The van der Waals surface area contributed by atoms with Crippen molar-refractivity contribution in [2.24, 2.45) is 0 Å². The van der Waals surface area contributed by atoms with Crippen LogP contribution in [-0.2, 0) is 15.9 Å². The summed E-state index contributed by atoms with van der Waals surface area (Å²) >= 11 is 5.98. The summed E-state index contributed by atoms with van der Waals surface area (Å²) in [6.07, 6.45) is 2.64. The topological polar surface area (TPSA) is 48.0 Å². The number of hydrogen-bond acceptors (Lipinski definition) is 5. The second kappa shape index (κ2) is 11.3. The number of carbonyl (C=O) groups is 1. The van der Waals surface area contributed by atoms with E-state index >= 15 is 0 Å². The summed E-state index contributed by atoms with van der Waals surface area (Å²) in [5, 5.41) is 0.458. The molecule has 1 unspecified atom stereocenters. The maximum Gasteiger partial charge on any atom is 0.341 e. The molecule has 30 heavy (non-hydrogen) atoms. The van der Waals surface area contributed by atoms with Gasteiger partial charge in [0.2, 0.25) is 0 Å². The van der Waals surface area contributed by atoms with Crippen LogP contribution in [0.1, 0.15) is 28.8 Å². The molecule has 1 saturated heterocycles. The van der Waals surface area contributed by atoms with Gasteiger partial charge in [0.15, 0.2) is 0 Å². The van der Waals surface area contributed by atoms with Gasteiger partial charge in [-0.15, -0.1) is 0 Å². The van der Waals surface area contributed by atoms with Gasteiger partial charge in [0.25, 0.3) is 0 Å². The van der Waals surface area contributed by atoms with Gasteiger partial charge >= 0.3 is 5.97 Å². The van der Waals surface area contributed by atoms with E-state index in [-0.39, 0.29) is 11.9 Å². The molecular weight excluding hydrogens is 409 g/mol. The molecule has 0 saturated carbocycles. The minimum absolute atomic E-state index is 0.0843. The number of methoxy groups -OCH3 is 1. The van der Waals surface area contributed by atoms with Crippen molar-refractivity contribution in [1.82, 2.24) is 4.90 Å². The zero-order chi connectivity index (χ0) is 21.3. The number of benzene rings is 2. The van der Waals surface area contributed by atoms with Crippen LogP contribution < -0.4 is 4.74 Å². The molecule has 1 aliphatic rings. The van der Waals surface area contributed by atoms with Crippen molar-refractivity contribution < 1.29 is 23.4 Å². The first-order valence-corrected chi connectivity index (χ1v) is 10.5. The molecular formula is C23H27ClFNO4. The van der Waals surface area contributed by atoms with Gasteiger partial charge in [0.1, 0.15) is 17.1 Å². The Kier molecular flexibility index (Phi) is 8.49. The van der Waals surface area contributed by atoms with Gasteiger partial charge < -0.3 is 19.1 Å². The van der Waals surface area contributed by atoms with Crippen LogP contribution in [0.3, 0.4) is 0 Å². The predicted octanol–water partition coefficient (Wildman–Crippen LogP) is 4.37. The first kappa shape index (κ1) is 22.5. The molecule has 0 aromatic heterocycles. The van der Waals surface area contributed by atoms with Crippen LogP contribution in [0.15, 0.2) is 42.5 Å². The molecule has 0 radical (unpaired) electrons. The third-order valence-electron chi connectivity index (χ3n) is 5.03. The molecule has 1 aliphatic heterocycles. The maximum absolute atomic E-state index is 13.1. The second-order valence-corrected chi connectivity index (χ2v) is 7.75. The number of rotatable bonds is 8. The quantitative estimate of drug-likeness (QED) is 0.455. The summed E-state index contributed by atoms with van der Waals surface area (Å²) in [5.41, 5.74) is 1.40. The van der Waals surface area contributed by atoms with E-state index < -0.39 is 5.97 Å². The van der Waals surface area contributed by atoms with Crippen LogP contribution in [0.4, 0.5) is 4.39 Å². The van der Waals surface area contributed by atoms with Gasteiger partial charge in [0, 0.05) is 31.3 Å². The Hall–Kier alpha value is -2.15. The van der Waals surface area contributed by atoms with E-state index in [1.54, 1.807) is 18.2 Å². The van der Waals surface area contributed by atoms with Crippen molar-refractivity contribution in [3.05, 3.63) is 64.4 Å². The van der Waals surface area contributed by atoms with Gasteiger partial charge in [0.05, 0.1) is 19.8 Å².